The zero-order valence-corrected chi connectivity index (χ0v) is 13.5. The van der Waals surface area contributed by atoms with Gasteiger partial charge in [0.05, 0.1) is 5.69 Å². The second kappa shape index (κ2) is 5.07. The van der Waals surface area contributed by atoms with E-state index in [4.69, 9.17) is 5.10 Å². The number of aromatic nitrogens is 2. The first kappa shape index (κ1) is 15.3. The molecule has 0 unspecified atom stereocenters. The highest BCUT2D eigenvalue weighted by atomic mass is 15.3. The molecule has 0 fully saturated rings. The lowest BCUT2D eigenvalue weighted by molar-refractivity contribution is 0.432. The molecule has 1 rings (SSSR count). The van der Waals surface area contributed by atoms with Gasteiger partial charge in [0.15, 0.2) is 0 Å². The van der Waals surface area contributed by atoms with Crippen molar-refractivity contribution < 1.29 is 0 Å². The van der Waals surface area contributed by atoms with Gasteiger partial charge in [0.1, 0.15) is 0 Å². The minimum atomic E-state index is 0.128. The van der Waals surface area contributed by atoms with Crippen LogP contribution in [0.3, 0.4) is 0 Å². The smallest absolute Gasteiger partial charge is 0.0681 e. The first-order valence-corrected chi connectivity index (χ1v) is 7.10. The summed E-state index contributed by atoms with van der Waals surface area (Å²) in [6.45, 7) is 19.1. The van der Waals surface area contributed by atoms with Crippen LogP contribution in [-0.2, 0) is 17.4 Å². The number of rotatable bonds is 3. The lowest BCUT2D eigenvalue weighted by atomic mass is 9.88. The first-order chi connectivity index (χ1) is 8.01. The van der Waals surface area contributed by atoms with E-state index in [-0.39, 0.29) is 10.8 Å². The monoisotopic (exact) mass is 250 g/mol. The summed E-state index contributed by atoms with van der Waals surface area (Å²) in [7, 11) is 0. The molecule has 0 saturated carbocycles. The van der Waals surface area contributed by atoms with Gasteiger partial charge >= 0.3 is 0 Å². The fourth-order valence-corrected chi connectivity index (χ4v) is 1.94. The van der Waals surface area contributed by atoms with E-state index < -0.39 is 0 Å². The Morgan fingerprint density at radius 2 is 1.61 bits per heavy atom. The molecule has 0 spiro atoms. The van der Waals surface area contributed by atoms with Gasteiger partial charge in [-0.3, -0.25) is 4.68 Å². The molecule has 1 heterocycles. The molecule has 2 heteroatoms. The summed E-state index contributed by atoms with van der Waals surface area (Å²) >= 11 is 0. The van der Waals surface area contributed by atoms with Crippen molar-refractivity contribution in [2.75, 3.05) is 0 Å². The second-order valence-electron chi connectivity index (χ2n) is 7.82. The van der Waals surface area contributed by atoms with Crippen LogP contribution in [0.1, 0.15) is 73.2 Å². The van der Waals surface area contributed by atoms with Crippen molar-refractivity contribution in [1.29, 1.82) is 0 Å². The Bertz CT molecular complexity index is 386. The molecule has 0 aliphatic heterocycles. The quantitative estimate of drug-likeness (QED) is 0.771. The van der Waals surface area contributed by atoms with Crippen LogP contribution in [0, 0.1) is 5.92 Å². The Morgan fingerprint density at radius 1 is 1.06 bits per heavy atom. The topological polar surface area (TPSA) is 17.8 Å². The number of hydrogen-bond acceptors (Lipinski definition) is 1. The van der Waals surface area contributed by atoms with Crippen LogP contribution in [0.15, 0.2) is 6.07 Å². The average Bonchev–Trinajstić information content (AvgIpc) is 2.56. The zero-order chi connectivity index (χ0) is 14.1. The molecule has 1 aromatic rings. The average molecular weight is 250 g/mol. The minimum absolute atomic E-state index is 0.128. The van der Waals surface area contributed by atoms with Crippen molar-refractivity contribution in [3.05, 3.63) is 17.5 Å². The Balaban J connectivity index is 3.10. The highest BCUT2D eigenvalue weighted by Gasteiger charge is 2.25. The predicted octanol–water partition coefficient (Wildman–Crippen LogP) is 4.52. The highest BCUT2D eigenvalue weighted by Crippen LogP contribution is 2.28. The van der Waals surface area contributed by atoms with Crippen molar-refractivity contribution in [3.63, 3.8) is 0 Å². The molecule has 2 nitrogen and oxygen atoms in total. The van der Waals surface area contributed by atoms with Crippen molar-refractivity contribution >= 4 is 0 Å². The zero-order valence-electron chi connectivity index (χ0n) is 13.5. The summed E-state index contributed by atoms with van der Waals surface area (Å²) in [5, 5.41) is 4.84. The summed E-state index contributed by atoms with van der Waals surface area (Å²) in [5.41, 5.74) is 2.85. The maximum atomic E-state index is 4.84. The lowest BCUT2D eigenvalue weighted by Gasteiger charge is -2.20. The molecular formula is C16H30N2. The van der Waals surface area contributed by atoms with Crippen LogP contribution in [-0.4, -0.2) is 9.78 Å². The maximum absolute atomic E-state index is 4.84. The van der Waals surface area contributed by atoms with Crippen LogP contribution >= 0.6 is 0 Å². The van der Waals surface area contributed by atoms with Gasteiger partial charge in [0.25, 0.3) is 0 Å². The van der Waals surface area contributed by atoms with Gasteiger partial charge in [-0.05, 0) is 18.4 Å². The SMILES string of the molecule is CC(C)CCn1nc(C(C)(C)C)cc1C(C)(C)C. The van der Waals surface area contributed by atoms with E-state index in [1.54, 1.807) is 0 Å². The van der Waals surface area contributed by atoms with Crippen LogP contribution in [0.4, 0.5) is 0 Å². The van der Waals surface area contributed by atoms with Crippen molar-refractivity contribution in [2.24, 2.45) is 5.92 Å². The summed E-state index contributed by atoms with van der Waals surface area (Å²) in [6, 6.07) is 2.29. The molecule has 18 heavy (non-hydrogen) atoms. The van der Waals surface area contributed by atoms with Crippen molar-refractivity contribution in [1.82, 2.24) is 9.78 Å². The molecule has 0 aromatic carbocycles. The maximum Gasteiger partial charge on any atom is 0.0681 e. The molecule has 0 N–H and O–H groups in total. The van der Waals surface area contributed by atoms with E-state index in [1.165, 1.54) is 17.8 Å². The normalized spacial score (nSPS) is 13.4. The molecule has 0 amide bonds. The molecule has 0 atom stereocenters. The Labute approximate surface area is 113 Å². The summed E-state index contributed by atoms with van der Waals surface area (Å²) in [5.74, 6) is 0.722. The Hall–Kier alpha value is -0.790. The number of aryl methyl sites for hydroxylation is 1. The minimum Gasteiger partial charge on any atom is -0.269 e. The van der Waals surface area contributed by atoms with Gasteiger partial charge in [0.2, 0.25) is 0 Å². The third-order valence-corrected chi connectivity index (χ3v) is 3.24. The standard InChI is InChI=1S/C16H30N2/c1-12(2)9-10-18-14(16(6,7)8)11-13(17-18)15(3,4)5/h11-12H,9-10H2,1-8H3. The Kier molecular flexibility index (Phi) is 4.30. The molecule has 0 aliphatic rings. The molecule has 0 aliphatic carbocycles. The number of hydrogen-bond donors (Lipinski definition) is 0. The van der Waals surface area contributed by atoms with Gasteiger partial charge in [-0.15, -0.1) is 0 Å². The molecule has 0 radical (unpaired) electrons. The van der Waals surface area contributed by atoms with Crippen LogP contribution in [0.2, 0.25) is 0 Å². The van der Waals surface area contributed by atoms with E-state index in [0.717, 1.165) is 12.5 Å². The van der Waals surface area contributed by atoms with Gasteiger partial charge in [-0.2, -0.15) is 5.10 Å². The van der Waals surface area contributed by atoms with E-state index >= 15 is 0 Å². The summed E-state index contributed by atoms with van der Waals surface area (Å²) in [4.78, 5) is 0. The fourth-order valence-electron chi connectivity index (χ4n) is 1.94. The van der Waals surface area contributed by atoms with Gasteiger partial charge in [0, 0.05) is 23.1 Å². The van der Waals surface area contributed by atoms with Gasteiger partial charge < -0.3 is 0 Å². The van der Waals surface area contributed by atoms with E-state index in [1.807, 2.05) is 0 Å². The lowest BCUT2D eigenvalue weighted by Crippen LogP contribution is -2.19. The summed E-state index contributed by atoms with van der Waals surface area (Å²) < 4.78 is 2.22. The van der Waals surface area contributed by atoms with Gasteiger partial charge in [-0.1, -0.05) is 55.4 Å². The Morgan fingerprint density at radius 3 is 2.00 bits per heavy atom. The first-order valence-electron chi connectivity index (χ1n) is 7.10. The molecule has 0 saturated heterocycles. The van der Waals surface area contributed by atoms with Crippen LogP contribution in [0.25, 0.3) is 0 Å². The van der Waals surface area contributed by atoms with Gasteiger partial charge in [-0.25, -0.2) is 0 Å². The van der Waals surface area contributed by atoms with Crippen molar-refractivity contribution in [3.8, 4) is 0 Å². The predicted molar refractivity (Wildman–Crippen MR) is 79.1 cm³/mol. The fraction of sp³-hybridized carbons (Fsp3) is 0.812. The molecule has 0 bridgehead atoms. The largest absolute Gasteiger partial charge is 0.269 e. The third-order valence-electron chi connectivity index (χ3n) is 3.24. The van der Waals surface area contributed by atoms with E-state index in [9.17, 15) is 0 Å². The van der Waals surface area contributed by atoms with Crippen LogP contribution < -0.4 is 0 Å². The second-order valence-corrected chi connectivity index (χ2v) is 7.82. The molecule has 1 aromatic heterocycles. The van der Waals surface area contributed by atoms with Crippen molar-refractivity contribution in [2.45, 2.75) is 79.2 Å². The molecule has 104 valence electrons. The van der Waals surface area contributed by atoms with E-state index in [2.05, 4.69) is 66.1 Å². The van der Waals surface area contributed by atoms with E-state index in [0.29, 0.717) is 0 Å². The van der Waals surface area contributed by atoms with Crippen LogP contribution in [0.5, 0.6) is 0 Å². The summed E-state index contributed by atoms with van der Waals surface area (Å²) in [6.07, 6.45) is 1.19. The third kappa shape index (κ3) is 3.86. The highest BCUT2D eigenvalue weighted by molar-refractivity contribution is 5.22. The molecular weight excluding hydrogens is 220 g/mol. The number of nitrogens with zero attached hydrogens (tertiary/aromatic N) is 2.